The van der Waals surface area contributed by atoms with Crippen LogP contribution in [-0.4, -0.2) is 8.42 Å². The monoisotopic (exact) mass is 496 g/mol. The summed E-state index contributed by atoms with van der Waals surface area (Å²) >= 11 is 6.94. The maximum Gasteiger partial charge on any atom is 0.339 e. The third-order valence-corrected chi connectivity index (χ3v) is 6.94. The van der Waals surface area contributed by atoms with Crippen molar-refractivity contribution >= 4 is 52.8 Å². The molecule has 3 nitrogen and oxygen atoms in total. The highest BCUT2D eigenvalue weighted by Crippen LogP contribution is 2.39. The summed E-state index contributed by atoms with van der Waals surface area (Å²) in [5, 5.41) is 2.10. The number of hydrogen-bond donors (Lipinski definition) is 0. The van der Waals surface area contributed by atoms with Gasteiger partial charge in [-0.05, 0) is 44.4 Å². The number of fused-ring (bicyclic) bond motifs is 1. The summed E-state index contributed by atoms with van der Waals surface area (Å²) in [5.74, 6) is 0.471. The molecule has 0 aliphatic heterocycles. The van der Waals surface area contributed by atoms with Gasteiger partial charge in [0.1, 0.15) is 4.90 Å². The Labute approximate surface area is 170 Å². The first-order valence-corrected chi connectivity index (χ1v) is 11.5. The molecule has 0 N–H and O–H groups in total. The van der Waals surface area contributed by atoms with Gasteiger partial charge in [0.15, 0.2) is 5.75 Å². The van der Waals surface area contributed by atoms with Crippen LogP contribution in [0.3, 0.4) is 0 Å². The van der Waals surface area contributed by atoms with Gasteiger partial charge in [-0.2, -0.15) is 8.42 Å². The molecule has 0 aromatic heterocycles. The van der Waals surface area contributed by atoms with Crippen molar-refractivity contribution in [2.45, 2.75) is 30.0 Å². The van der Waals surface area contributed by atoms with Crippen LogP contribution in [0.4, 0.5) is 0 Å². The van der Waals surface area contributed by atoms with E-state index >= 15 is 0 Å². The molecule has 0 fully saturated rings. The van der Waals surface area contributed by atoms with Crippen LogP contribution < -0.4 is 4.18 Å². The average molecular weight is 498 g/mol. The largest absolute Gasteiger partial charge is 0.377 e. The standard InChI is InChI=1S/C20H18Br2O3S/c1-13(2)16-11-10-15(12-21)19(22)20(16)25-26(23,24)18-9-5-7-14-6-3-4-8-17(14)18/h3-11,13H,12H2,1-2H3. The Kier molecular flexibility index (Phi) is 5.75. The van der Waals surface area contributed by atoms with Crippen LogP contribution in [0.2, 0.25) is 0 Å². The van der Waals surface area contributed by atoms with E-state index in [2.05, 4.69) is 31.9 Å². The molecule has 3 rings (SSSR count). The summed E-state index contributed by atoms with van der Waals surface area (Å²) in [6, 6.07) is 16.4. The molecule has 0 amide bonds. The van der Waals surface area contributed by atoms with Gasteiger partial charge in [-0.3, -0.25) is 0 Å². The van der Waals surface area contributed by atoms with E-state index in [1.165, 1.54) is 0 Å². The lowest BCUT2D eigenvalue weighted by molar-refractivity contribution is 0.480. The summed E-state index contributed by atoms with van der Waals surface area (Å²) in [6.45, 7) is 4.01. The molecule has 136 valence electrons. The van der Waals surface area contributed by atoms with Crippen LogP contribution in [0.5, 0.6) is 5.75 Å². The molecule has 0 unspecified atom stereocenters. The van der Waals surface area contributed by atoms with Crippen LogP contribution in [0.1, 0.15) is 30.9 Å². The average Bonchev–Trinajstić information content (AvgIpc) is 2.62. The lowest BCUT2D eigenvalue weighted by atomic mass is 10.0. The Balaban J connectivity index is 2.16. The second-order valence-electron chi connectivity index (χ2n) is 6.26. The topological polar surface area (TPSA) is 43.4 Å². The van der Waals surface area contributed by atoms with Gasteiger partial charge in [-0.15, -0.1) is 0 Å². The lowest BCUT2D eigenvalue weighted by Gasteiger charge is -2.18. The second-order valence-corrected chi connectivity index (χ2v) is 9.13. The number of benzene rings is 3. The Hall–Kier alpha value is -1.37. The minimum Gasteiger partial charge on any atom is -0.377 e. The minimum atomic E-state index is -3.99. The third-order valence-electron chi connectivity index (χ3n) is 4.19. The Morgan fingerprint density at radius 3 is 2.38 bits per heavy atom. The third kappa shape index (κ3) is 3.68. The van der Waals surface area contributed by atoms with Gasteiger partial charge in [-0.1, -0.05) is 78.3 Å². The van der Waals surface area contributed by atoms with Crippen LogP contribution >= 0.6 is 31.9 Å². The number of hydrogen-bond acceptors (Lipinski definition) is 3. The first kappa shape index (κ1) is 19.4. The Morgan fingerprint density at radius 1 is 1.00 bits per heavy atom. The van der Waals surface area contributed by atoms with E-state index in [1.807, 2.05) is 50.2 Å². The van der Waals surface area contributed by atoms with Crippen LogP contribution in [0.25, 0.3) is 10.8 Å². The quantitative estimate of drug-likeness (QED) is 0.303. The van der Waals surface area contributed by atoms with Crippen molar-refractivity contribution in [3.8, 4) is 5.75 Å². The zero-order chi connectivity index (χ0) is 18.9. The first-order valence-electron chi connectivity index (χ1n) is 8.14. The summed E-state index contributed by atoms with van der Waals surface area (Å²) in [6.07, 6.45) is 0. The molecule has 26 heavy (non-hydrogen) atoms. The second kappa shape index (κ2) is 7.71. The van der Waals surface area contributed by atoms with E-state index in [4.69, 9.17) is 4.18 Å². The maximum absolute atomic E-state index is 13.1. The molecule has 3 aromatic carbocycles. The van der Waals surface area contributed by atoms with Gasteiger partial charge >= 0.3 is 10.1 Å². The molecule has 0 bridgehead atoms. The van der Waals surface area contributed by atoms with E-state index in [0.29, 0.717) is 20.9 Å². The number of rotatable bonds is 5. The summed E-state index contributed by atoms with van der Waals surface area (Å²) in [4.78, 5) is 0.168. The molecular weight excluding hydrogens is 480 g/mol. The van der Waals surface area contributed by atoms with Gasteiger partial charge in [-0.25, -0.2) is 0 Å². The zero-order valence-corrected chi connectivity index (χ0v) is 18.4. The van der Waals surface area contributed by atoms with Crippen molar-refractivity contribution in [3.63, 3.8) is 0 Å². The van der Waals surface area contributed by atoms with E-state index in [1.54, 1.807) is 18.2 Å². The van der Waals surface area contributed by atoms with Gasteiger partial charge in [0.05, 0.1) is 4.47 Å². The number of halogens is 2. The smallest absolute Gasteiger partial charge is 0.339 e. The fourth-order valence-corrected chi connectivity index (χ4v) is 5.54. The molecular formula is C20H18Br2O3S. The summed E-state index contributed by atoms with van der Waals surface area (Å²) in [5.41, 5.74) is 1.77. The SMILES string of the molecule is CC(C)c1ccc(CBr)c(Br)c1OS(=O)(=O)c1cccc2ccccc12. The molecule has 0 heterocycles. The van der Waals surface area contributed by atoms with Gasteiger partial charge in [0.25, 0.3) is 0 Å². The first-order chi connectivity index (χ1) is 12.3. The number of alkyl halides is 1. The summed E-state index contributed by atoms with van der Waals surface area (Å²) in [7, 11) is -3.99. The van der Waals surface area contributed by atoms with Crippen LogP contribution in [0.15, 0.2) is 64.0 Å². The van der Waals surface area contributed by atoms with Crippen LogP contribution in [-0.2, 0) is 15.4 Å². The van der Waals surface area contributed by atoms with Crippen molar-refractivity contribution in [2.24, 2.45) is 0 Å². The normalized spacial score (nSPS) is 11.9. The fraction of sp³-hybridized carbons (Fsp3) is 0.200. The molecule has 0 spiro atoms. The zero-order valence-electron chi connectivity index (χ0n) is 14.4. The predicted octanol–water partition coefficient (Wildman–Crippen LogP) is 6.39. The fourth-order valence-electron chi connectivity index (χ4n) is 2.82. The molecule has 6 heteroatoms. The maximum atomic E-state index is 13.1. The molecule has 0 radical (unpaired) electrons. The Morgan fingerprint density at radius 2 is 1.69 bits per heavy atom. The van der Waals surface area contributed by atoms with Gasteiger partial charge < -0.3 is 4.18 Å². The van der Waals surface area contributed by atoms with Crippen molar-refractivity contribution in [1.29, 1.82) is 0 Å². The van der Waals surface area contributed by atoms with Gasteiger partial charge in [0, 0.05) is 10.7 Å². The lowest BCUT2D eigenvalue weighted by Crippen LogP contribution is -2.13. The van der Waals surface area contributed by atoms with Crippen molar-refractivity contribution in [1.82, 2.24) is 0 Å². The van der Waals surface area contributed by atoms with E-state index < -0.39 is 10.1 Å². The molecule has 0 saturated carbocycles. The van der Waals surface area contributed by atoms with E-state index in [-0.39, 0.29) is 10.8 Å². The van der Waals surface area contributed by atoms with Crippen molar-refractivity contribution in [2.75, 3.05) is 0 Å². The van der Waals surface area contributed by atoms with E-state index in [9.17, 15) is 8.42 Å². The molecule has 0 saturated heterocycles. The molecule has 3 aromatic rings. The van der Waals surface area contributed by atoms with Gasteiger partial charge in [0.2, 0.25) is 0 Å². The molecule has 0 aliphatic rings. The highest BCUT2D eigenvalue weighted by atomic mass is 79.9. The highest BCUT2D eigenvalue weighted by Gasteiger charge is 2.24. The van der Waals surface area contributed by atoms with Crippen LogP contribution in [0, 0.1) is 0 Å². The predicted molar refractivity (Wildman–Crippen MR) is 113 cm³/mol. The molecule has 0 atom stereocenters. The van der Waals surface area contributed by atoms with Crippen molar-refractivity contribution in [3.05, 3.63) is 70.2 Å². The molecule has 0 aliphatic carbocycles. The van der Waals surface area contributed by atoms with E-state index in [0.717, 1.165) is 16.5 Å². The highest BCUT2D eigenvalue weighted by molar-refractivity contribution is 9.11. The Bertz CT molecular complexity index is 1050. The summed E-state index contributed by atoms with van der Waals surface area (Å²) < 4.78 is 32.5. The minimum absolute atomic E-state index is 0.119. The van der Waals surface area contributed by atoms with Crippen molar-refractivity contribution < 1.29 is 12.6 Å².